The first-order chi connectivity index (χ1) is 14.3. The molecule has 0 unspecified atom stereocenters. The summed E-state index contributed by atoms with van der Waals surface area (Å²) in [5, 5.41) is 0.673. The van der Waals surface area contributed by atoms with Crippen molar-refractivity contribution < 1.29 is 14.3 Å². The number of thioether (sulfide) groups is 1. The highest BCUT2D eigenvalue weighted by Crippen LogP contribution is 2.35. The van der Waals surface area contributed by atoms with Gasteiger partial charge in [-0.3, -0.25) is 14.5 Å². The van der Waals surface area contributed by atoms with Crippen molar-refractivity contribution in [2.45, 2.75) is 13.8 Å². The van der Waals surface area contributed by atoms with E-state index in [1.54, 1.807) is 11.0 Å². The lowest BCUT2D eigenvalue weighted by Crippen LogP contribution is -2.32. The van der Waals surface area contributed by atoms with Gasteiger partial charge in [0.05, 0.1) is 15.1 Å². The zero-order valence-corrected chi connectivity index (χ0v) is 19.1. The van der Waals surface area contributed by atoms with Crippen molar-refractivity contribution in [2.75, 3.05) is 13.2 Å². The van der Waals surface area contributed by atoms with Gasteiger partial charge in [0.25, 0.3) is 11.8 Å². The smallest absolute Gasteiger partial charge is 0.266 e. The van der Waals surface area contributed by atoms with Gasteiger partial charge in [0.2, 0.25) is 0 Å². The van der Waals surface area contributed by atoms with Crippen molar-refractivity contribution in [2.24, 2.45) is 16.6 Å². The Morgan fingerprint density at radius 2 is 2.00 bits per heavy atom. The maximum atomic E-state index is 13.0. The molecule has 2 N–H and O–H groups in total. The second-order valence-corrected chi connectivity index (χ2v) is 8.96. The molecule has 1 fully saturated rings. The number of benzene rings is 2. The number of hydrogen-bond acceptors (Lipinski definition) is 5. The summed E-state index contributed by atoms with van der Waals surface area (Å²) in [7, 11) is 0. The van der Waals surface area contributed by atoms with Crippen molar-refractivity contribution in [3.63, 3.8) is 0 Å². The number of carbonyl (C=O) groups is 2. The van der Waals surface area contributed by atoms with Gasteiger partial charge in [-0.25, -0.2) is 4.99 Å². The number of carbonyl (C=O) groups excluding carboxylic acids is 2. The molecular formula is C22H22BrN3O3S. The van der Waals surface area contributed by atoms with E-state index in [1.807, 2.05) is 48.5 Å². The maximum absolute atomic E-state index is 13.0. The molecule has 1 aliphatic rings. The van der Waals surface area contributed by atoms with Gasteiger partial charge in [-0.05, 0) is 69.5 Å². The van der Waals surface area contributed by atoms with Crippen LogP contribution < -0.4 is 10.5 Å². The fraction of sp³-hybridized carbons (Fsp3) is 0.227. The number of halogens is 1. The van der Waals surface area contributed by atoms with Gasteiger partial charge in [-0.2, -0.15) is 0 Å². The highest BCUT2D eigenvalue weighted by Gasteiger charge is 2.33. The largest absolute Gasteiger partial charge is 0.483 e. The Bertz CT molecular complexity index is 1010. The maximum Gasteiger partial charge on any atom is 0.266 e. The first-order valence-electron chi connectivity index (χ1n) is 9.39. The molecule has 0 aromatic heterocycles. The highest BCUT2D eigenvalue weighted by molar-refractivity contribution is 9.10. The van der Waals surface area contributed by atoms with Crippen molar-refractivity contribution in [1.82, 2.24) is 4.90 Å². The van der Waals surface area contributed by atoms with Crippen LogP contribution in [0.5, 0.6) is 5.75 Å². The number of aliphatic imine (C=N–C) groups is 1. The molecule has 0 radical (unpaired) electrons. The molecule has 0 saturated carbocycles. The van der Waals surface area contributed by atoms with Crippen LogP contribution in [0.1, 0.15) is 19.4 Å². The number of amides is 2. The van der Waals surface area contributed by atoms with Gasteiger partial charge in [-0.1, -0.05) is 38.1 Å². The molecule has 0 aliphatic carbocycles. The summed E-state index contributed by atoms with van der Waals surface area (Å²) in [5.74, 6) is 0.213. The summed E-state index contributed by atoms with van der Waals surface area (Å²) < 4.78 is 6.02. The van der Waals surface area contributed by atoms with Gasteiger partial charge < -0.3 is 10.5 Å². The number of amidine groups is 1. The van der Waals surface area contributed by atoms with Gasteiger partial charge >= 0.3 is 0 Å². The number of para-hydroxylation sites is 1. The van der Waals surface area contributed by atoms with Crippen LogP contribution >= 0.6 is 27.7 Å². The minimum absolute atomic E-state index is 0.0615. The Balaban J connectivity index is 1.87. The van der Waals surface area contributed by atoms with E-state index >= 15 is 0 Å². The van der Waals surface area contributed by atoms with E-state index in [4.69, 9.17) is 10.5 Å². The minimum atomic E-state index is -0.545. The molecule has 3 rings (SSSR count). The standard InChI is InChI=1S/C22H22BrN3O3S/c1-14(2)12-26-21(28)19(30-22(26)25-16-6-4-3-5-7-16)11-15-8-9-18(17(23)10-15)29-13-20(24)27/h3-11,14H,12-13H2,1-2H3,(H2,24,27). The summed E-state index contributed by atoms with van der Waals surface area (Å²) >= 11 is 4.79. The molecule has 0 bridgehead atoms. The van der Waals surface area contributed by atoms with E-state index in [1.165, 1.54) is 11.8 Å². The van der Waals surface area contributed by atoms with Crippen molar-refractivity contribution in [3.8, 4) is 5.75 Å². The Morgan fingerprint density at radius 3 is 2.63 bits per heavy atom. The molecule has 8 heteroatoms. The molecule has 1 aliphatic heterocycles. The predicted molar refractivity (Wildman–Crippen MR) is 124 cm³/mol. The summed E-state index contributed by atoms with van der Waals surface area (Å²) in [5.41, 5.74) is 6.75. The Morgan fingerprint density at radius 1 is 1.27 bits per heavy atom. The predicted octanol–water partition coefficient (Wildman–Crippen LogP) is 4.57. The Kier molecular flexibility index (Phi) is 7.33. The molecule has 2 aromatic carbocycles. The van der Waals surface area contributed by atoms with E-state index in [-0.39, 0.29) is 12.5 Å². The van der Waals surface area contributed by atoms with Crippen LogP contribution in [0.3, 0.4) is 0 Å². The normalized spacial score (nSPS) is 16.7. The highest BCUT2D eigenvalue weighted by atomic mass is 79.9. The second kappa shape index (κ2) is 9.95. The lowest BCUT2D eigenvalue weighted by Gasteiger charge is -2.17. The third-order valence-corrected chi connectivity index (χ3v) is 5.67. The number of nitrogens with two attached hydrogens (primary N) is 1. The lowest BCUT2D eigenvalue weighted by atomic mass is 10.2. The van der Waals surface area contributed by atoms with E-state index in [2.05, 4.69) is 34.8 Å². The van der Waals surface area contributed by atoms with Crippen LogP contribution in [0, 0.1) is 5.92 Å². The molecular weight excluding hydrogens is 466 g/mol. The van der Waals surface area contributed by atoms with Gasteiger partial charge in [0.15, 0.2) is 11.8 Å². The van der Waals surface area contributed by atoms with E-state index in [9.17, 15) is 9.59 Å². The monoisotopic (exact) mass is 487 g/mol. The first kappa shape index (κ1) is 22.1. The second-order valence-electron chi connectivity index (χ2n) is 7.10. The third kappa shape index (κ3) is 5.73. The van der Waals surface area contributed by atoms with Crippen molar-refractivity contribution in [3.05, 3.63) is 63.5 Å². The van der Waals surface area contributed by atoms with Gasteiger partial charge in [0, 0.05) is 6.54 Å². The molecule has 156 valence electrons. The van der Waals surface area contributed by atoms with E-state index in [0.29, 0.717) is 32.8 Å². The number of ether oxygens (including phenoxy) is 1. The fourth-order valence-corrected chi connectivity index (χ4v) is 4.27. The SMILES string of the molecule is CC(C)CN1C(=O)C(=Cc2ccc(OCC(N)=O)c(Br)c2)SC1=Nc1ccccc1. The number of hydrogen-bond donors (Lipinski definition) is 1. The summed E-state index contributed by atoms with van der Waals surface area (Å²) in [6.45, 7) is 4.54. The minimum Gasteiger partial charge on any atom is -0.483 e. The average Bonchev–Trinajstić information content (AvgIpc) is 2.96. The van der Waals surface area contributed by atoms with Crippen LogP contribution in [0.15, 0.2) is 62.9 Å². The summed E-state index contributed by atoms with van der Waals surface area (Å²) in [6, 6.07) is 15.0. The van der Waals surface area contributed by atoms with Crippen LogP contribution in [-0.2, 0) is 9.59 Å². The molecule has 0 atom stereocenters. The van der Waals surface area contributed by atoms with Gasteiger partial charge in [0.1, 0.15) is 5.75 Å². The molecule has 2 amide bonds. The number of nitrogens with zero attached hydrogens (tertiary/aromatic N) is 2. The zero-order valence-electron chi connectivity index (χ0n) is 16.7. The van der Waals surface area contributed by atoms with E-state index < -0.39 is 5.91 Å². The molecule has 1 saturated heterocycles. The summed E-state index contributed by atoms with van der Waals surface area (Å²) in [6.07, 6.45) is 1.83. The molecule has 6 nitrogen and oxygen atoms in total. The zero-order chi connectivity index (χ0) is 21.7. The molecule has 2 aromatic rings. The quantitative estimate of drug-likeness (QED) is 0.579. The average molecular weight is 488 g/mol. The first-order valence-corrected chi connectivity index (χ1v) is 11.0. The number of primary amides is 1. The summed E-state index contributed by atoms with van der Waals surface area (Å²) in [4.78, 5) is 31.0. The Labute approximate surface area is 188 Å². The molecule has 30 heavy (non-hydrogen) atoms. The van der Waals surface area contributed by atoms with Crippen LogP contribution in [0.2, 0.25) is 0 Å². The van der Waals surface area contributed by atoms with E-state index in [0.717, 1.165) is 11.3 Å². The van der Waals surface area contributed by atoms with Crippen molar-refractivity contribution >= 4 is 56.4 Å². The van der Waals surface area contributed by atoms with Crippen LogP contribution in [0.4, 0.5) is 5.69 Å². The fourth-order valence-electron chi connectivity index (χ4n) is 2.75. The number of rotatable bonds is 7. The van der Waals surface area contributed by atoms with Crippen LogP contribution in [-0.4, -0.2) is 35.0 Å². The molecule has 0 spiro atoms. The lowest BCUT2D eigenvalue weighted by molar-refractivity contribution is -0.122. The van der Waals surface area contributed by atoms with Crippen molar-refractivity contribution in [1.29, 1.82) is 0 Å². The molecule has 1 heterocycles. The Hall–Kier alpha value is -2.58. The topological polar surface area (TPSA) is 85.0 Å². The third-order valence-electron chi connectivity index (χ3n) is 4.04. The van der Waals surface area contributed by atoms with Gasteiger partial charge in [-0.15, -0.1) is 0 Å². The van der Waals surface area contributed by atoms with Crippen LogP contribution in [0.25, 0.3) is 6.08 Å².